The monoisotopic (exact) mass is 264 g/mol. The van der Waals surface area contributed by atoms with Crippen LogP contribution in [0.5, 0.6) is 11.6 Å². The number of benzene rings is 1. The fraction of sp³-hybridized carbons (Fsp3) is 0.231. The Labute approximate surface area is 111 Å². The normalized spacial score (nSPS) is 10.1. The largest absolute Gasteiger partial charge is 0.497 e. The summed E-state index contributed by atoms with van der Waals surface area (Å²) in [6.45, 7) is 0.435. The SMILES string of the molecule is COc1ccc(COc2ncncc2CCl)cc1. The third-order valence-corrected chi connectivity index (χ3v) is 2.71. The third-order valence-electron chi connectivity index (χ3n) is 2.43. The van der Waals surface area contributed by atoms with Crippen molar-refractivity contribution in [1.29, 1.82) is 0 Å². The van der Waals surface area contributed by atoms with Gasteiger partial charge in [0.15, 0.2) is 0 Å². The second-order valence-corrected chi connectivity index (χ2v) is 3.89. The van der Waals surface area contributed by atoms with Gasteiger partial charge in [-0.25, -0.2) is 9.97 Å². The summed E-state index contributed by atoms with van der Waals surface area (Å²) in [6, 6.07) is 7.67. The molecule has 0 saturated carbocycles. The molecule has 2 aromatic rings. The Morgan fingerprint density at radius 1 is 1.22 bits per heavy atom. The lowest BCUT2D eigenvalue weighted by atomic mass is 10.2. The zero-order valence-corrected chi connectivity index (χ0v) is 10.7. The van der Waals surface area contributed by atoms with Crippen LogP contribution in [0.1, 0.15) is 11.1 Å². The molecular formula is C13H13ClN2O2. The highest BCUT2D eigenvalue weighted by atomic mass is 35.5. The predicted molar refractivity (Wildman–Crippen MR) is 68.9 cm³/mol. The molecule has 0 N–H and O–H groups in total. The Balaban J connectivity index is 2.02. The number of nitrogens with zero attached hydrogens (tertiary/aromatic N) is 2. The smallest absolute Gasteiger partial charge is 0.221 e. The maximum absolute atomic E-state index is 5.78. The van der Waals surface area contributed by atoms with Crippen LogP contribution in [0.15, 0.2) is 36.8 Å². The fourth-order valence-electron chi connectivity index (χ4n) is 1.44. The van der Waals surface area contributed by atoms with E-state index in [0.717, 1.165) is 16.9 Å². The van der Waals surface area contributed by atoms with Crippen LogP contribution in [0, 0.1) is 0 Å². The highest BCUT2D eigenvalue weighted by Gasteiger charge is 2.04. The molecule has 2 rings (SSSR count). The fourth-order valence-corrected chi connectivity index (χ4v) is 1.63. The van der Waals surface area contributed by atoms with Crippen molar-refractivity contribution in [2.75, 3.05) is 7.11 Å². The van der Waals surface area contributed by atoms with Crippen LogP contribution in [0.2, 0.25) is 0 Å². The number of ether oxygens (including phenoxy) is 2. The number of halogens is 1. The van der Waals surface area contributed by atoms with E-state index < -0.39 is 0 Å². The number of methoxy groups -OCH3 is 1. The highest BCUT2D eigenvalue weighted by Crippen LogP contribution is 2.18. The van der Waals surface area contributed by atoms with Crippen LogP contribution in [0.4, 0.5) is 0 Å². The van der Waals surface area contributed by atoms with Crippen molar-refractivity contribution in [3.05, 3.63) is 47.9 Å². The minimum Gasteiger partial charge on any atom is -0.497 e. The van der Waals surface area contributed by atoms with Gasteiger partial charge in [0, 0.05) is 11.8 Å². The first-order valence-corrected chi connectivity index (χ1v) is 5.97. The molecule has 0 saturated heterocycles. The Kier molecular flexibility index (Phi) is 4.36. The summed E-state index contributed by atoms with van der Waals surface area (Å²) < 4.78 is 10.7. The average molecular weight is 265 g/mol. The second-order valence-electron chi connectivity index (χ2n) is 3.62. The lowest BCUT2D eigenvalue weighted by Gasteiger charge is -2.08. The van der Waals surface area contributed by atoms with Gasteiger partial charge in [0.25, 0.3) is 0 Å². The van der Waals surface area contributed by atoms with Gasteiger partial charge >= 0.3 is 0 Å². The van der Waals surface area contributed by atoms with Gasteiger partial charge in [-0.1, -0.05) is 12.1 Å². The van der Waals surface area contributed by atoms with E-state index in [1.54, 1.807) is 13.3 Å². The van der Waals surface area contributed by atoms with Gasteiger partial charge in [-0.05, 0) is 17.7 Å². The lowest BCUT2D eigenvalue weighted by Crippen LogP contribution is -2.00. The predicted octanol–water partition coefficient (Wildman–Crippen LogP) is 2.80. The topological polar surface area (TPSA) is 44.2 Å². The third kappa shape index (κ3) is 3.11. The van der Waals surface area contributed by atoms with Crippen LogP contribution < -0.4 is 9.47 Å². The molecule has 0 fully saturated rings. The van der Waals surface area contributed by atoms with Gasteiger partial charge in [-0.2, -0.15) is 0 Å². The standard InChI is InChI=1S/C13H13ClN2O2/c1-17-12-4-2-10(3-5-12)8-18-13-11(6-14)7-15-9-16-13/h2-5,7,9H,6,8H2,1H3. The molecule has 4 nitrogen and oxygen atoms in total. The molecule has 1 heterocycles. The van der Waals surface area contributed by atoms with Gasteiger partial charge in [-0.3, -0.25) is 0 Å². The molecular weight excluding hydrogens is 252 g/mol. The highest BCUT2D eigenvalue weighted by molar-refractivity contribution is 6.17. The minimum atomic E-state index is 0.332. The minimum absolute atomic E-state index is 0.332. The summed E-state index contributed by atoms with van der Waals surface area (Å²) in [6.07, 6.45) is 3.10. The number of aromatic nitrogens is 2. The van der Waals surface area contributed by atoms with Crippen LogP contribution in [-0.4, -0.2) is 17.1 Å². The molecule has 0 radical (unpaired) electrons. The second kappa shape index (κ2) is 6.21. The number of hydrogen-bond acceptors (Lipinski definition) is 4. The molecule has 0 amide bonds. The van der Waals surface area contributed by atoms with E-state index in [1.807, 2.05) is 24.3 Å². The van der Waals surface area contributed by atoms with Gasteiger partial charge in [-0.15, -0.1) is 11.6 Å². The Morgan fingerprint density at radius 3 is 2.67 bits per heavy atom. The van der Waals surface area contributed by atoms with Crippen molar-refractivity contribution in [3.8, 4) is 11.6 Å². The van der Waals surface area contributed by atoms with Gasteiger partial charge in [0.05, 0.1) is 13.0 Å². The zero-order valence-electron chi connectivity index (χ0n) is 9.97. The molecule has 0 aliphatic carbocycles. The number of rotatable bonds is 5. The summed E-state index contributed by atoms with van der Waals surface area (Å²) in [5, 5.41) is 0. The maximum atomic E-state index is 5.78. The molecule has 5 heteroatoms. The van der Waals surface area contributed by atoms with Crippen LogP contribution in [0.25, 0.3) is 0 Å². The van der Waals surface area contributed by atoms with Crippen molar-refractivity contribution < 1.29 is 9.47 Å². The quantitative estimate of drug-likeness (QED) is 0.779. The van der Waals surface area contributed by atoms with E-state index >= 15 is 0 Å². The van der Waals surface area contributed by atoms with Gasteiger partial charge in [0.1, 0.15) is 18.7 Å². The van der Waals surface area contributed by atoms with Crippen molar-refractivity contribution in [2.24, 2.45) is 0 Å². The molecule has 1 aromatic carbocycles. The van der Waals surface area contributed by atoms with E-state index in [9.17, 15) is 0 Å². The molecule has 0 bridgehead atoms. The molecule has 1 aromatic heterocycles. The van der Waals surface area contributed by atoms with E-state index in [-0.39, 0.29) is 0 Å². The summed E-state index contributed by atoms with van der Waals surface area (Å²) in [4.78, 5) is 7.96. The van der Waals surface area contributed by atoms with Gasteiger partial charge < -0.3 is 9.47 Å². The van der Waals surface area contributed by atoms with Crippen molar-refractivity contribution in [3.63, 3.8) is 0 Å². The Morgan fingerprint density at radius 2 is 2.00 bits per heavy atom. The first kappa shape index (κ1) is 12.6. The van der Waals surface area contributed by atoms with Crippen LogP contribution >= 0.6 is 11.6 Å². The zero-order chi connectivity index (χ0) is 12.8. The Hall–Kier alpha value is -1.81. The molecule has 0 spiro atoms. The summed E-state index contributed by atoms with van der Waals surface area (Å²) in [5.41, 5.74) is 1.82. The maximum Gasteiger partial charge on any atom is 0.221 e. The lowest BCUT2D eigenvalue weighted by molar-refractivity contribution is 0.290. The average Bonchev–Trinajstić information content (AvgIpc) is 2.46. The summed E-state index contributed by atoms with van der Waals surface area (Å²) in [7, 11) is 1.64. The molecule has 0 aliphatic rings. The number of alkyl halides is 1. The van der Waals surface area contributed by atoms with E-state index in [0.29, 0.717) is 18.4 Å². The Bertz CT molecular complexity index is 503. The summed E-state index contributed by atoms with van der Waals surface area (Å²) in [5.74, 6) is 1.68. The molecule has 0 unspecified atom stereocenters. The number of hydrogen-bond donors (Lipinski definition) is 0. The molecule has 0 aliphatic heterocycles. The molecule has 18 heavy (non-hydrogen) atoms. The van der Waals surface area contributed by atoms with Crippen LogP contribution in [0.3, 0.4) is 0 Å². The first-order chi connectivity index (χ1) is 8.83. The van der Waals surface area contributed by atoms with E-state index in [4.69, 9.17) is 21.1 Å². The van der Waals surface area contributed by atoms with Crippen molar-refractivity contribution >= 4 is 11.6 Å². The van der Waals surface area contributed by atoms with E-state index in [1.165, 1.54) is 6.33 Å². The van der Waals surface area contributed by atoms with E-state index in [2.05, 4.69) is 9.97 Å². The summed E-state index contributed by atoms with van der Waals surface area (Å²) >= 11 is 5.78. The molecule has 0 atom stereocenters. The van der Waals surface area contributed by atoms with Crippen molar-refractivity contribution in [2.45, 2.75) is 12.5 Å². The van der Waals surface area contributed by atoms with Gasteiger partial charge in [0.2, 0.25) is 5.88 Å². The van der Waals surface area contributed by atoms with Crippen LogP contribution in [-0.2, 0) is 12.5 Å². The molecule has 94 valence electrons. The first-order valence-electron chi connectivity index (χ1n) is 5.44. The van der Waals surface area contributed by atoms with Crippen molar-refractivity contribution in [1.82, 2.24) is 9.97 Å².